The Bertz CT molecular complexity index is 312. The van der Waals surface area contributed by atoms with Crippen LogP contribution < -0.4 is 10.4 Å². The Kier molecular flexibility index (Phi) is 4.58. The third kappa shape index (κ3) is 3.22. The Morgan fingerprint density at radius 1 is 1.11 bits per heavy atom. The predicted octanol–water partition coefficient (Wildman–Crippen LogP) is -0.162. The third-order valence-electron chi connectivity index (χ3n) is 3.93. The van der Waals surface area contributed by atoms with Crippen LogP contribution in [0.5, 0.6) is 0 Å². The minimum atomic E-state index is -1.09. The fourth-order valence-electron chi connectivity index (χ4n) is 2.88. The Morgan fingerprint density at radius 2 is 1.83 bits per heavy atom. The first kappa shape index (κ1) is 13.3. The van der Waals surface area contributed by atoms with Crippen molar-refractivity contribution in [1.29, 1.82) is 0 Å². The summed E-state index contributed by atoms with van der Waals surface area (Å²) >= 11 is 0. The van der Waals surface area contributed by atoms with Gasteiger partial charge in [-0.3, -0.25) is 4.79 Å². The van der Waals surface area contributed by atoms with Crippen molar-refractivity contribution in [1.82, 2.24) is 5.32 Å². The number of carbonyl (C=O) groups excluding carboxylic acids is 2. The summed E-state index contributed by atoms with van der Waals surface area (Å²) in [4.78, 5) is 23.0. The maximum atomic E-state index is 12.0. The van der Waals surface area contributed by atoms with E-state index in [0.29, 0.717) is 19.4 Å². The molecule has 2 aliphatic rings. The molecule has 0 spiro atoms. The van der Waals surface area contributed by atoms with Gasteiger partial charge in [-0.25, -0.2) is 0 Å². The van der Waals surface area contributed by atoms with Gasteiger partial charge in [-0.05, 0) is 25.7 Å². The van der Waals surface area contributed by atoms with Crippen LogP contribution in [0.25, 0.3) is 0 Å². The zero-order valence-corrected chi connectivity index (χ0v) is 10.5. The number of ether oxygens (including phenoxy) is 1. The molecule has 1 heterocycles. The first-order valence-electron chi connectivity index (χ1n) is 6.78. The lowest BCUT2D eigenvalue weighted by Gasteiger charge is -2.31. The van der Waals surface area contributed by atoms with Gasteiger partial charge in [-0.2, -0.15) is 0 Å². The van der Waals surface area contributed by atoms with Crippen molar-refractivity contribution in [2.45, 2.75) is 44.6 Å². The Balaban J connectivity index is 1.83. The fourth-order valence-corrected chi connectivity index (χ4v) is 2.88. The molecule has 1 N–H and O–H groups in total. The molecule has 1 aliphatic carbocycles. The number of nitrogens with one attached hydrogen (secondary N) is 1. The topological polar surface area (TPSA) is 78.5 Å². The molecule has 0 aromatic rings. The number of carboxylic acids is 1. The molecular weight excluding hydrogens is 234 g/mol. The summed E-state index contributed by atoms with van der Waals surface area (Å²) in [5, 5.41) is 13.8. The maximum Gasteiger partial charge on any atom is 0.223 e. The summed E-state index contributed by atoms with van der Waals surface area (Å²) < 4.78 is 5.42. The average molecular weight is 254 g/mol. The highest BCUT2D eigenvalue weighted by atomic mass is 16.5. The Hall–Kier alpha value is -1.10. The monoisotopic (exact) mass is 254 g/mol. The summed E-state index contributed by atoms with van der Waals surface area (Å²) in [5.41, 5.74) is 0. The first-order chi connectivity index (χ1) is 8.68. The quantitative estimate of drug-likeness (QED) is 0.756. The lowest BCUT2D eigenvalue weighted by atomic mass is 9.78. The van der Waals surface area contributed by atoms with Gasteiger partial charge in [-0.1, -0.05) is 12.8 Å². The van der Waals surface area contributed by atoms with Gasteiger partial charge in [0.2, 0.25) is 5.91 Å². The summed E-state index contributed by atoms with van der Waals surface area (Å²) in [5.74, 6) is -2.29. The van der Waals surface area contributed by atoms with Crippen molar-refractivity contribution in [2.75, 3.05) is 13.2 Å². The Morgan fingerprint density at radius 3 is 2.44 bits per heavy atom. The zero-order chi connectivity index (χ0) is 13.0. The molecule has 0 aromatic carbocycles. The van der Waals surface area contributed by atoms with Crippen molar-refractivity contribution in [3.63, 3.8) is 0 Å². The fraction of sp³-hybridized carbons (Fsp3) is 0.846. The van der Waals surface area contributed by atoms with Gasteiger partial charge in [0.1, 0.15) is 0 Å². The second-order valence-electron chi connectivity index (χ2n) is 5.20. The largest absolute Gasteiger partial charge is 0.550 e. The summed E-state index contributed by atoms with van der Waals surface area (Å²) in [7, 11) is 0. The summed E-state index contributed by atoms with van der Waals surface area (Å²) in [6.45, 7) is 1.25. The van der Waals surface area contributed by atoms with Crippen molar-refractivity contribution in [2.24, 2.45) is 11.8 Å². The first-order valence-corrected chi connectivity index (χ1v) is 6.78. The van der Waals surface area contributed by atoms with Crippen LogP contribution in [0.1, 0.15) is 38.5 Å². The molecular formula is C13H20NO4-. The molecule has 0 bridgehead atoms. The van der Waals surface area contributed by atoms with E-state index in [2.05, 4.69) is 5.32 Å². The molecule has 3 atom stereocenters. The minimum Gasteiger partial charge on any atom is -0.550 e. The van der Waals surface area contributed by atoms with Crippen LogP contribution in [0.4, 0.5) is 0 Å². The number of hydrogen-bond donors (Lipinski definition) is 1. The lowest BCUT2D eigenvalue weighted by Crippen LogP contribution is -2.45. The van der Waals surface area contributed by atoms with Crippen molar-refractivity contribution >= 4 is 11.9 Å². The van der Waals surface area contributed by atoms with Crippen molar-refractivity contribution in [3.05, 3.63) is 0 Å². The Labute approximate surface area is 107 Å². The van der Waals surface area contributed by atoms with Crippen LogP contribution in [0.3, 0.4) is 0 Å². The highest BCUT2D eigenvalue weighted by Crippen LogP contribution is 2.29. The number of amides is 1. The van der Waals surface area contributed by atoms with Crippen LogP contribution in [0, 0.1) is 11.8 Å². The van der Waals surface area contributed by atoms with Crippen LogP contribution in [0.15, 0.2) is 0 Å². The van der Waals surface area contributed by atoms with Gasteiger partial charge < -0.3 is 20.0 Å². The molecule has 2 rings (SSSR count). The molecule has 0 aromatic heterocycles. The lowest BCUT2D eigenvalue weighted by molar-refractivity contribution is -0.314. The van der Waals surface area contributed by atoms with Gasteiger partial charge in [0.05, 0.1) is 6.10 Å². The summed E-state index contributed by atoms with van der Waals surface area (Å²) in [6.07, 6.45) is 5.09. The molecule has 2 fully saturated rings. The van der Waals surface area contributed by atoms with Gasteiger partial charge in [0.25, 0.3) is 0 Å². The van der Waals surface area contributed by atoms with Crippen LogP contribution in [-0.2, 0) is 14.3 Å². The average Bonchev–Trinajstić information content (AvgIpc) is 2.89. The second kappa shape index (κ2) is 6.18. The van der Waals surface area contributed by atoms with E-state index in [9.17, 15) is 14.7 Å². The van der Waals surface area contributed by atoms with Crippen LogP contribution in [-0.4, -0.2) is 31.1 Å². The molecule has 1 saturated heterocycles. The number of carboxylic acid groups (broad SMARTS) is 1. The number of hydrogen-bond acceptors (Lipinski definition) is 4. The number of rotatable bonds is 4. The third-order valence-corrected chi connectivity index (χ3v) is 3.93. The van der Waals surface area contributed by atoms with E-state index in [1.165, 1.54) is 0 Å². The van der Waals surface area contributed by atoms with E-state index in [-0.39, 0.29) is 12.0 Å². The maximum absolute atomic E-state index is 12.0. The molecule has 18 heavy (non-hydrogen) atoms. The molecule has 1 aliphatic heterocycles. The molecule has 5 heteroatoms. The standard InChI is InChI=1S/C13H21NO4/c15-12(14-8-9-4-3-7-18-9)10-5-1-2-6-11(10)13(16)17/h9-11H,1-8H2,(H,14,15)(H,16,17)/p-1. The van der Waals surface area contributed by atoms with E-state index in [1.807, 2.05) is 0 Å². The number of aliphatic carboxylic acids is 1. The van der Waals surface area contributed by atoms with Gasteiger partial charge in [0, 0.05) is 31.0 Å². The number of carbonyl (C=O) groups is 2. The highest BCUT2D eigenvalue weighted by molar-refractivity contribution is 5.84. The van der Waals surface area contributed by atoms with Crippen molar-refractivity contribution in [3.8, 4) is 0 Å². The predicted molar refractivity (Wildman–Crippen MR) is 62.4 cm³/mol. The van der Waals surface area contributed by atoms with E-state index in [4.69, 9.17) is 4.74 Å². The smallest absolute Gasteiger partial charge is 0.223 e. The normalized spacial score (nSPS) is 32.1. The highest BCUT2D eigenvalue weighted by Gasteiger charge is 2.32. The van der Waals surface area contributed by atoms with Crippen LogP contribution in [0.2, 0.25) is 0 Å². The van der Waals surface area contributed by atoms with Gasteiger partial charge in [0.15, 0.2) is 0 Å². The van der Waals surface area contributed by atoms with Crippen molar-refractivity contribution < 1.29 is 19.4 Å². The van der Waals surface area contributed by atoms with E-state index < -0.39 is 17.8 Å². The molecule has 5 nitrogen and oxygen atoms in total. The van der Waals surface area contributed by atoms with E-state index >= 15 is 0 Å². The SMILES string of the molecule is O=C([O-])C1CCCCC1C(=O)NCC1CCCO1. The molecule has 1 saturated carbocycles. The minimum absolute atomic E-state index is 0.0962. The molecule has 1 amide bonds. The van der Waals surface area contributed by atoms with E-state index in [1.54, 1.807) is 0 Å². The molecule has 0 radical (unpaired) electrons. The second-order valence-corrected chi connectivity index (χ2v) is 5.20. The van der Waals surface area contributed by atoms with E-state index in [0.717, 1.165) is 32.3 Å². The van der Waals surface area contributed by atoms with Gasteiger partial charge in [-0.15, -0.1) is 0 Å². The zero-order valence-electron chi connectivity index (χ0n) is 10.5. The summed E-state index contributed by atoms with van der Waals surface area (Å²) in [6, 6.07) is 0. The van der Waals surface area contributed by atoms with Crippen LogP contribution >= 0.6 is 0 Å². The molecule has 3 unspecified atom stereocenters. The molecule has 102 valence electrons. The van der Waals surface area contributed by atoms with Gasteiger partial charge >= 0.3 is 0 Å².